The van der Waals surface area contributed by atoms with E-state index in [1.807, 2.05) is 0 Å². The molecule has 1 heterocycles. The zero-order chi connectivity index (χ0) is 16.7. The molecule has 0 saturated carbocycles. The molecule has 24 heavy (non-hydrogen) atoms. The molecule has 0 bridgehead atoms. The summed E-state index contributed by atoms with van der Waals surface area (Å²) in [5.74, 6) is 0. The maximum atomic E-state index is 3.63. The van der Waals surface area contributed by atoms with Crippen molar-refractivity contribution < 1.29 is 0 Å². The normalized spacial score (nSPS) is 13.2. The van der Waals surface area contributed by atoms with Gasteiger partial charge in [-0.15, -0.1) is 0 Å². The van der Waals surface area contributed by atoms with Gasteiger partial charge in [-0.1, -0.05) is 52.3 Å². The van der Waals surface area contributed by atoms with Gasteiger partial charge in [0.1, 0.15) is 0 Å². The molecule has 0 spiro atoms. The molecule has 3 aromatic rings. The lowest BCUT2D eigenvalue weighted by Gasteiger charge is -2.30. The van der Waals surface area contributed by atoms with Crippen molar-refractivity contribution in [1.29, 1.82) is 0 Å². The van der Waals surface area contributed by atoms with Crippen LogP contribution in [0.25, 0.3) is 0 Å². The van der Waals surface area contributed by atoms with E-state index in [1.54, 1.807) is 0 Å². The topological polar surface area (TPSA) is 3.24 Å². The van der Waals surface area contributed by atoms with E-state index < -0.39 is 0 Å². The second-order valence-electron chi connectivity index (χ2n) is 6.48. The highest BCUT2D eigenvalue weighted by Crippen LogP contribution is 2.44. The minimum atomic E-state index is 1.08. The number of anilines is 3. The number of hydrogen-bond acceptors (Lipinski definition) is 1. The average Bonchev–Trinajstić information content (AvgIpc) is 2.72. The van der Waals surface area contributed by atoms with Gasteiger partial charge in [0.05, 0.1) is 5.69 Å². The van der Waals surface area contributed by atoms with Crippen LogP contribution in [0.2, 0.25) is 0 Å². The van der Waals surface area contributed by atoms with Crippen LogP contribution in [0.3, 0.4) is 0 Å². The Labute approximate surface area is 152 Å². The van der Waals surface area contributed by atoms with Gasteiger partial charge in [-0.25, -0.2) is 0 Å². The van der Waals surface area contributed by atoms with E-state index >= 15 is 0 Å². The van der Waals surface area contributed by atoms with Crippen molar-refractivity contribution in [2.45, 2.75) is 26.7 Å². The number of rotatable bonds is 1. The summed E-state index contributed by atoms with van der Waals surface area (Å²) >= 11 is 3.63. The van der Waals surface area contributed by atoms with Crippen LogP contribution in [-0.4, -0.2) is 0 Å². The molecule has 120 valence electrons. The summed E-state index contributed by atoms with van der Waals surface area (Å²) in [6.07, 6.45) is 2.16. The van der Waals surface area contributed by atoms with Gasteiger partial charge in [-0.3, -0.25) is 0 Å². The van der Waals surface area contributed by atoms with Crippen molar-refractivity contribution in [3.8, 4) is 0 Å². The lowest BCUT2D eigenvalue weighted by molar-refractivity contribution is 0.977. The summed E-state index contributed by atoms with van der Waals surface area (Å²) in [5, 5.41) is 0. The predicted octanol–water partition coefficient (Wildman–Crippen LogP) is 6.63. The van der Waals surface area contributed by atoms with Crippen LogP contribution in [0.1, 0.15) is 22.3 Å². The quantitative estimate of drug-likeness (QED) is 0.459. The van der Waals surface area contributed by atoms with Crippen molar-refractivity contribution in [1.82, 2.24) is 0 Å². The van der Waals surface area contributed by atoms with Crippen LogP contribution in [0.15, 0.2) is 65.1 Å². The number of fused-ring (bicyclic) bond motifs is 2. The first kappa shape index (κ1) is 15.5. The number of benzene rings is 3. The number of nitrogens with zero attached hydrogens (tertiary/aromatic N) is 1. The number of hydrogen-bond donors (Lipinski definition) is 0. The van der Waals surface area contributed by atoms with E-state index in [0.29, 0.717) is 0 Å². The van der Waals surface area contributed by atoms with Crippen LogP contribution < -0.4 is 4.90 Å². The first-order chi connectivity index (χ1) is 11.6. The highest BCUT2D eigenvalue weighted by molar-refractivity contribution is 9.10. The third-order valence-electron chi connectivity index (χ3n) is 4.81. The van der Waals surface area contributed by atoms with Gasteiger partial charge in [-0.2, -0.15) is 0 Å². The van der Waals surface area contributed by atoms with E-state index in [9.17, 15) is 0 Å². The van der Waals surface area contributed by atoms with Crippen LogP contribution in [-0.2, 0) is 12.8 Å². The van der Waals surface area contributed by atoms with Crippen molar-refractivity contribution in [3.63, 3.8) is 0 Å². The van der Waals surface area contributed by atoms with Gasteiger partial charge in [0.2, 0.25) is 0 Å². The molecule has 0 amide bonds. The molecule has 0 N–H and O–H groups in total. The second-order valence-corrected chi connectivity index (χ2v) is 7.40. The van der Waals surface area contributed by atoms with E-state index in [2.05, 4.69) is 95.3 Å². The van der Waals surface area contributed by atoms with E-state index in [0.717, 1.165) is 17.3 Å². The number of aryl methyl sites for hydroxylation is 4. The van der Waals surface area contributed by atoms with E-state index in [1.165, 1.54) is 39.3 Å². The second kappa shape index (κ2) is 6.10. The fourth-order valence-corrected chi connectivity index (χ4v) is 4.46. The fraction of sp³-hybridized carbons (Fsp3) is 0.182. The third-order valence-corrected chi connectivity index (χ3v) is 5.27. The van der Waals surface area contributed by atoms with Crippen LogP contribution >= 0.6 is 15.9 Å². The largest absolute Gasteiger partial charge is 0.309 e. The molecule has 1 aliphatic heterocycles. The molecule has 0 unspecified atom stereocenters. The minimum Gasteiger partial charge on any atom is -0.309 e. The van der Waals surface area contributed by atoms with Gasteiger partial charge >= 0.3 is 0 Å². The summed E-state index contributed by atoms with van der Waals surface area (Å²) in [4.78, 5) is 2.45. The molecule has 0 aromatic heterocycles. The van der Waals surface area contributed by atoms with Crippen molar-refractivity contribution in [2.24, 2.45) is 0 Å². The highest BCUT2D eigenvalue weighted by Gasteiger charge is 2.24. The zero-order valence-corrected chi connectivity index (χ0v) is 15.6. The van der Waals surface area contributed by atoms with Crippen molar-refractivity contribution in [3.05, 3.63) is 87.4 Å². The van der Waals surface area contributed by atoms with Gasteiger partial charge in [-0.05, 0) is 73.2 Å². The summed E-state index contributed by atoms with van der Waals surface area (Å²) in [6.45, 7) is 4.40. The molecule has 1 nitrogen and oxygen atoms in total. The Bertz CT molecular complexity index is 843. The van der Waals surface area contributed by atoms with Crippen LogP contribution in [0.5, 0.6) is 0 Å². The third kappa shape index (κ3) is 2.55. The molecule has 4 rings (SSSR count). The Hall–Kier alpha value is -2.06. The van der Waals surface area contributed by atoms with Gasteiger partial charge < -0.3 is 4.90 Å². The van der Waals surface area contributed by atoms with Crippen LogP contribution in [0.4, 0.5) is 17.1 Å². The van der Waals surface area contributed by atoms with E-state index in [4.69, 9.17) is 0 Å². The lowest BCUT2D eigenvalue weighted by Crippen LogP contribution is -2.14. The maximum absolute atomic E-state index is 3.63. The SMILES string of the molecule is Cc1cc(Br)cc(C)c1N1c2ccccc2CCc2ccccc21. The summed E-state index contributed by atoms with van der Waals surface area (Å²) < 4.78 is 1.14. The van der Waals surface area contributed by atoms with Gasteiger partial charge in [0.15, 0.2) is 0 Å². The predicted molar refractivity (Wildman–Crippen MR) is 106 cm³/mol. The van der Waals surface area contributed by atoms with Crippen LogP contribution in [0, 0.1) is 13.8 Å². The Morgan fingerprint density at radius 3 is 1.71 bits per heavy atom. The fourth-order valence-electron chi connectivity index (χ4n) is 3.78. The highest BCUT2D eigenvalue weighted by atomic mass is 79.9. The molecule has 3 aromatic carbocycles. The smallest absolute Gasteiger partial charge is 0.0520 e. The summed E-state index contributed by atoms with van der Waals surface area (Å²) in [6, 6.07) is 22.0. The minimum absolute atomic E-state index is 1.08. The average molecular weight is 378 g/mol. The monoisotopic (exact) mass is 377 g/mol. The van der Waals surface area contributed by atoms with Crippen molar-refractivity contribution in [2.75, 3.05) is 4.90 Å². The summed E-state index contributed by atoms with van der Waals surface area (Å²) in [7, 11) is 0. The van der Waals surface area contributed by atoms with Gasteiger partial charge in [0, 0.05) is 15.8 Å². The molecular weight excluding hydrogens is 358 g/mol. The standard InChI is InChI=1S/C22H20BrN/c1-15-13-19(23)14-16(2)22(15)24-20-9-5-3-7-17(20)11-12-18-8-4-6-10-21(18)24/h3-10,13-14H,11-12H2,1-2H3. The molecule has 1 aliphatic rings. The summed E-state index contributed by atoms with van der Waals surface area (Å²) in [5.41, 5.74) is 9.29. The molecule has 2 heteroatoms. The Morgan fingerprint density at radius 2 is 1.21 bits per heavy atom. The van der Waals surface area contributed by atoms with E-state index in [-0.39, 0.29) is 0 Å². The van der Waals surface area contributed by atoms with Gasteiger partial charge in [0.25, 0.3) is 0 Å². The molecule has 0 atom stereocenters. The number of para-hydroxylation sites is 2. The molecule has 0 radical (unpaired) electrons. The molecule has 0 saturated heterocycles. The first-order valence-electron chi connectivity index (χ1n) is 8.38. The first-order valence-corrected chi connectivity index (χ1v) is 9.17. The lowest BCUT2D eigenvalue weighted by atomic mass is 10.0. The van der Waals surface area contributed by atoms with Crippen molar-refractivity contribution >= 4 is 33.0 Å². The zero-order valence-electron chi connectivity index (χ0n) is 14.0. The molecule has 0 fully saturated rings. The Morgan fingerprint density at radius 1 is 0.750 bits per heavy atom. The maximum Gasteiger partial charge on any atom is 0.0520 e. The Kier molecular flexibility index (Phi) is 3.93. The Balaban J connectivity index is 2.04. The molecule has 0 aliphatic carbocycles. The molecular formula is C22H20BrN. The number of halogens is 1.